The van der Waals surface area contributed by atoms with Gasteiger partial charge in [0.2, 0.25) is 0 Å². The first-order chi connectivity index (χ1) is 12.8. The highest BCUT2D eigenvalue weighted by Crippen LogP contribution is 2.27. The third-order valence-corrected chi connectivity index (χ3v) is 4.71. The van der Waals surface area contributed by atoms with Crippen LogP contribution < -0.4 is 0 Å². The van der Waals surface area contributed by atoms with Gasteiger partial charge in [0.1, 0.15) is 11.5 Å². The van der Waals surface area contributed by atoms with Crippen molar-refractivity contribution in [2.45, 2.75) is 25.3 Å². The number of hydrogen-bond donors (Lipinski definition) is 0. The lowest BCUT2D eigenvalue weighted by molar-refractivity contribution is 0.0697. The van der Waals surface area contributed by atoms with E-state index in [0.717, 1.165) is 31.8 Å². The Labute approximate surface area is 151 Å². The van der Waals surface area contributed by atoms with Gasteiger partial charge in [-0.2, -0.15) is 0 Å². The maximum absolute atomic E-state index is 12.7. The van der Waals surface area contributed by atoms with Crippen molar-refractivity contribution in [1.29, 1.82) is 0 Å². The van der Waals surface area contributed by atoms with Crippen LogP contribution in [0.1, 0.15) is 40.6 Å². The van der Waals surface area contributed by atoms with Crippen LogP contribution in [0.5, 0.6) is 0 Å². The van der Waals surface area contributed by atoms with Gasteiger partial charge in [-0.25, -0.2) is 9.97 Å². The Bertz CT molecular complexity index is 864. The number of rotatable bonds is 4. The molecule has 7 heteroatoms. The Kier molecular flexibility index (Phi) is 4.68. The summed E-state index contributed by atoms with van der Waals surface area (Å²) in [5.74, 6) is 1.19. The molecule has 1 saturated heterocycles. The van der Waals surface area contributed by atoms with Crippen molar-refractivity contribution in [3.05, 3.63) is 72.6 Å². The van der Waals surface area contributed by atoms with Crippen molar-refractivity contribution in [3.63, 3.8) is 0 Å². The summed E-state index contributed by atoms with van der Waals surface area (Å²) >= 11 is 0. The molecule has 3 aromatic rings. The maximum atomic E-state index is 12.7. The Morgan fingerprint density at radius 2 is 1.96 bits per heavy atom. The van der Waals surface area contributed by atoms with E-state index in [0.29, 0.717) is 12.2 Å². The molecule has 1 unspecified atom stereocenters. The van der Waals surface area contributed by atoms with E-state index in [1.165, 1.54) is 11.8 Å². The molecule has 26 heavy (non-hydrogen) atoms. The van der Waals surface area contributed by atoms with E-state index in [1.807, 2.05) is 29.4 Å². The largest absolute Gasteiger partial charge is 0.337 e. The van der Waals surface area contributed by atoms with Gasteiger partial charge >= 0.3 is 0 Å². The van der Waals surface area contributed by atoms with E-state index in [-0.39, 0.29) is 11.8 Å². The van der Waals surface area contributed by atoms with Gasteiger partial charge in [-0.05, 0) is 30.5 Å². The summed E-state index contributed by atoms with van der Waals surface area (Å²) in [6, 6.07) is 4.02. The third kappa shape index (κ3) is 3.46. The lowest BCUT2D eigenvalue weighted by Crippen LogP contribution is -2.40. The Hall–Kier alpha value is -3.09. The fraction of sp³-hybridized carbons (Fsp3) is 0.316. The van der Waals surface area contributed by atoms with E-state index in [9.17, 15) is 4.79 Å². The predicted octanol–water partition coefficient (Wildman–Crippen LogP) is 2.14. The van der Waals surface area contributed by atoms with Crippen molar-refractivity contribution in [1.82, 2.24) is 29.4 Å². The van der Waals surface area contributed by atoms with Crippen LogP contribution in [0.3, 0.4) is 0 Å². The first kappa shape index (κ1) is 16.4. The molecule has 1 fully saturated rings. The zero-order chi connectivity index (χ0) is 17.8. The molecule has 0 spiro atoms. The minimum absolute atomic E-state index is 0.0601. The minimum Gasteiger partial charge on any atom is -0.337 e. The van der Waals surface area contributed by atoms with Crippen LogP contribution in [-0.2, 0) is 6.54 Å². The molecule has 1 aliphatic heterocycles. The molecule has 0 aliphatic carbocycles. The second kappa shape index (κ2) is 7.43. The molecule has 4 rings (SSSR count). The molecule has 1 aliphatic rings. The molecule has 0 saturated carbocycles. The number of hydrogen-bond acceptors (Lipinski definition) is 5. The molecular formula is C19H20N6O. The lowest BCUT2D eigenvalue weighted by Gasteiger charge is -2.32. The average Bonchev–Trinajstić information content (AvgIpc) is 3.17. The topological polar surface area (TPSA) is 76.8 Å². The van der Waals surface area contributed by atoms with Gasteiger partial charge in [0.25, 0.3) is 5.91 Å². The summed E-state index contributed by atoms with van der Waals surface area (Å²) in [4.78, 5) is 31.3. The summed E-state index contributed by atoms with van der Waals surface area (Å²) in [5.41, 5.74) is 1.58. The van der Waals surface area contributed by atoms with Gasteiger partial charge in [0.05, 0.1) is 6.20 Å². The van der Waals surface area contributed by atoms with Gasteiger partial charge in [0.15, 0.2) is 0 Å². The van der Waals surface area contributed by atoms with Crippen LogP contribution in [0.2, 0.25) is 0 Å². The van der Waals surface area contributed by atoms with Crippen molar-refractivity contribution in [3.8, 4) is 0 Å². The second-order valence-corrected chi connectivity index (χ2v) is 6.45. The highest BCUT2D eigenvalue weighted by molar-refractivity contribution is 5.92. The van der Waals surface area contributed by atoms with Crippen LogP contribution in [0.15, 0.2) is 55.5 Å². The van der Waals surface area contributed by atoms with Crippen molar-refractivity contribution in [2.24, 2.45) is 0 Å². The molecule has 132 valence electrons. The number of carbonyl (C=O) groups excluding carboxylic acids is 1. The number of carbonyl (C=O) groups is 1. The summed E-state index contributed by atoms with van der Waals surface area (Å²) in [6.07, 6.45) is 14.1. The number of nitrogens with zero attached hydrogens (tertiary/aromatic N) is 6. The molecule has 4 heterocycles. The van der Waals surface area contributed by atoms with E-state index < -0.39 is 0 Å². The van der Waals surface area contributed by atoms with Crippen LogP contribution in [0.4, 0.5) is 0 Å². The first-order valence-corrected chi connectivity index (χ1v) is 8.76. The molecule has 3 aromatic heterocycles. The molecule has 0 aromatic carbocycles. The smallest absolute Gasteiger partial charge is 0.274 e. The Morgan fingerprint density at radius 1 is 1.08 bits per heavy atom. The lowest BCUT2D eigenvalue weighted by atomic mass is 9.96. The fourth-order valence-corrected chi connectivity index (χ4v) is 3.44. The second-order valence-electron chi connectivity index (χ2n) is 6.45. The molecule has 1 amide bonds. The third-order valence-electron chi connectivity index (χ3n) is 4.71. The predicted molar refractivity (Wildman–Crippen MR) is 95.5 cm³/mol. The number of pyridine rings is 1. The number of imidazole rings is 1. The van der Waals surface area contributed by atoms with E-state index in [1.54, 1.807) is 24.8 Å². The highest BCUT2D eigenvalue weighted by atomic mass is 16.2. The summed E-state index contributed by atoms with van der Waals surface area (Å²) in [7, 11) is 0. The number of amides is 1. The normalized spacial score (nSPS) is 17.2. The Balaban J connectivity index is 1.50. The van der Waals surface area contributed by atoms with Gasteiger partial charge in [-0.3, -0.25) is 14.8 Å². The van der Waals surface area contributed by atoms with Crippen LogP contribution >= 0.6 is 0 Å². The van der Waals surface area contributed by atoms with Gasteiger partial charge < -0.3 is 9.47 Å². The van der Waals surface area contributed by atoms with Crippen molar-refractivity contribution >= 4 is 5.91 Å². The molecule has 0 N–H and O–H groups in total. The molecule has 7 nitrogen and oxygen atoms in total. The van der Waals surface area contributed by atoms with E-state index in [4.69, 9.17) is 0 Å². The fourth-order valence-electron chi connectivity index (χ4n) is 3.44. The summed E-state index contributed by atoms with van der Waals surface area (Å²) < 4.78 is 2.16. The highest BCUT2D eigenvalue weighted by Gasteiger charge is 2.28. The van der Waals surface area contributed by atoms with Crippen molar-refractivity contribution in [2.75, 3.05) is 13.1 Å². The van der Waals surface area contributed by atoms with Crippen LogP contribution in [-0.4, -0.2) is 48.4 Å². The average molecular weight is 348 g/mol. The maximum Gasteiger partial charge on any atom is 0.274 e. The number of likely N-dealkylation sites (tertiary alicyclic amines) is 1. The summed E-state index contributed by atoms with van der Waals surface area (Å²) in [6.45, 7) is 2.16. The van der Waals surface area contributed by atoms with Crippen LogP contribution in [0.25, 0.3) is 0 Å². The standard InChI is InChI=1S/C19H20N6O/c26-19(17-12-21-7-8-22-17)25-10-1-2-16(14-25)18-23-9-11-24(18)13-15-3-5-20-6-4-15/h3-9,11-12,16H,1-2,10,13-14H2. The molecule has 0 bridgehead atoms. The number of aromatic nitrogens is 5. The SMILES string of the molecule is O=C(c1cnccn1)N1CCCC(c2nccn2Cc2ccncc2)C1. The number of piperidine rings is 1. The zero-order valence-electron chi connectivity index (χ0n) is 14.4. The van der Waals surface area contributed by atoms with Gasteiger partial charge in [-0.1, -0.05) is 0 Å². The monoisotopic (exact) mass is 348 g/mol. The van der Waals surface area contributed by atoms with E-state index in [2.05, 4.69) is 24.5 Å². The van der Waals surface area contributed by atoms with Crippen molar-refractivity contribution < 1.29 is 4.79 Å². The first-order valence-electron chi connectivity index (χ1n) is 8.76. The van der Waals surface area contributed by atoms with E-state index >= 15 is 0 Å². The minimum atomic E-state index is -0.0601. The molecular weight excluding hydrogens is 328 g/mol. The quantitative estimate of drug-likeness (QED) is 0.722. The van der Waals surface area contributed by atoms with Gasteiger partial charge in [-0.15, -0.1) is 0 Å². The molecule has 1 atom stereocenters. The Morgan fingerprint density at radius 3 is 2.77 bits per heavy atom. The van der Waals surface area contributed by atoms with Crippen LogP contribution in [0, 0.1) is 0 Å². The summed E-state index contributed by atoms with van der Waals surface area (Å²) in [5, 5.41) is 0. The molecule has 0 radical (unpaired) electrons. The van der Waals surface area contributed by atoms with Gasteiger partial charge in [0, 0.05) is 62.7 Å². The zero-order valence-corrected chi connectivity index (χ0v) is 14.4.